The van der Waals surface area contributed by atoms with Gasteiger partial charge in [-0.2, -0.15) is 0 Å². The third kappa shape index (κ3) is 4.36. The van der Waals surface area contributed by atoms with E-state index in [1.807, 2.05) is 23.1 Å². The molecule has 9 heteroatoms. The standard InChI is InChI=1S/C18H17F3N4O2/c19-12-4-5-13(18(21)17(12)20)23-15(26)11-16(27)25-9-7-24(8-10-25)14-3-1-2-6-22-14/h1-6H,7-11H2,(H,23,26). The van der Waals surface area contributed by atoms with Gasteiger partial charge in [-0.05, 0) is 24.3 Å². The smallest absolute Gasteiger partial charge is 0.233 e. The summed E-state index contributed by atoms with van der Waals surface area (Å²) in [5, 5.41) is 2.09. The molecule has 1 fully saturated rings. The molecule has 0 atom stereocenters. The van der Waals surface area contributed by atoms with Crippen LogP contribution < -0.4 is 10.2 Å². The number of hydrogen-bond acceptors (Lipinski definition) is 4. The first-order valence-electron chi connectivity index (χ1n) is 8.33. The number of halogens is 3. The lowest BCUT2D eigenvalue weighted by Crippen LogP contribution is -2.49. The van der Waals surface area contributed by atoms with Gasteiger partial charge in [-0.1, -0.05) is 6.07 Å². The molecule has 1 aromatic heterocycles. The van der Waals surface area contributed by atoms with E-state index in [1.54, 1.807) is 6.20 Å². The molecule has 6 nitrogen and oxygen atoms in total. The Labute approximate surface area is 153 Å². The van der Waals surface area contributed by atoms with E-state index >= 15 is 0 Å². The van der Waals surface area contributed by atoms with Crippen LogP contribution in [0.1, 0.15) is 6.42 Å². The number of pyridine rings is 1. The van der Waals surface area contributed by atoms with Crippen LogP contribution in [0.2, 0.25) is 0 Å². The molecule has 0 saturated carbocycles. The zero-order valence-electron chi connectivity index (χ0n) is 14.3. The fourth-order valence-electron chi connectivity index (χ4n) is 2.79. The van der Waals surface area contributed by atoms with Crippen molar-refractivity contribution in [2.75, 3.05) is 36.4 Å². The van der Waals surface area contributed by atoms with Gasteiger partial charge in [0.2, 0.25) is 11.8 Å². The molecule has 142 valence electrons. The van der Waals surface area contributed by atoms with Crippen LogP contribution in [-0.2, 0) is 9.59 Å². The maximum atomic E-state index is 13.6. The molecule has 2 amide bonds. The second-order valence-electron chi connectivity index (χ2n) is 6.00. The number of nitrogens with one attached hydrogen (secondary N) is 1. The Hall–Kier alpha value is -3.10. The van der Waals surface area contributed by atoms with Crippen LogP contribution in [0.5, 0.6) is 0 Å². The van der Waals surface area contributed by atoms with Crippen LogP contribution in [0.15, 0.2) is 36.5 Å². The SMILES string of the molecule is O=C(CC(=O)N1CCN(c2ccccn2)CC1)Nc1ccc(F)c(F)c1F. The molecular formula is C18H17F3N4O2. The Kier molecular flexibility index (Phi) is 5.58. The Bertz CT molecular complexity index is 840. The monoisotopic (exact) mass is 378 g/mol. The maximum Gasteiger partial charge on any atom is 0.233 e. The Morgan fingerprint density at radius 2 is 1.74 bits per heavy atom. The van der Waals surface area contributed by atoms with E-state index in [0.717, 1.165) is 11.9 Å². The van der Waals surface area contributed by atoms with Crippen LogP contribution in [0, 0.1) is 17.5 Å². The highest BCUT2D eigenvalue weighted by Gasteiger charge is 2.24. The van der Waals surface area contributed by atoms with Gasteiger partial charge in [0.05, 0.1) is 5.69 Å². The molecule has 0 spiro atoms. The lowest BCUT2D eigenvalue weighted by atomic mass is 10.2. The molecule has 1 N–H and O–H groups in total. The summed E-state index contributed by atoms with van der Waals surface area (Å²) < 4.78 is 39.7. The van der Waals surface area contributed by atoms with E-state index in [2.05, 4.69) is 10.3 Å². The average Bonchev–Trinajstić information content (AvgIpc) is 2.69. The van der Waals surface area contributed by atoms with Crippen LogP contribution in [0.4, 0.5) is 24.7 Å². The largest absolute Gasteiger partial charge is 0.353 e. The minimum absolute atomic E-state index is 0.419. The number of anilines is 2. The summed E-state index contributed by atoms with van der Waals surface area (Å²) in [6.45, 7) is 1.98. The van der Waals surface area contributed by atoms with Crippen LogP contribution in [-0.4, -0.2) is 47.9 Å². The lowest BCUT2D eigenvalue weighted by molar-refractivity contribution is -0.134. The summed E-state index contributed by atoms with van der Waals surface area (Å²) in [5.41, 5.74) is -0.508. The minimum atomic E-state index is -1.68. The van der Waals surface area contributed by atoms with Crippen molar-refractivity contribution in [2.45, 2.75) is 6.42 Å². The van der Waals surface area contributed by atoms with Crippen molar-refractivity contribution in [3.05, 3.63) is 54.0 Å². The average molecular weight is 378 g/mol. The van der Waals surface area contributed by atoms with Gasteiger partial charge in [-0.25, -0.2) is 18.2 Å². The fourth-order valence-corrected chi connectivity index (χ4v) is 2.79. The van der Waals surface area contributed by atoms with E-state index in [-0.39, 0.29) is 0 Å². The molecule has 0 aliphatic carbocycles. The van der Waals surface area contributed by atoms with Gasteiger partial charge in [0.25, 0.3) is 0 Å². The summed E-state index contributed by atoms with van der Waals surface area (Å²) in [4.78, 5) is 32.0. The quantitative estimate of drug-likeness (QED) is 0.654. The number of piperazine rings is 1. The summed E-state index contributed by atoms with van der Waals surface area (Å²) in [6, 6.07) is 7.18. The number of benzene rings is 1. The topological polar surface area (TPSA) is 65.5 Å². The van der Waals surface area contributed by atoms with E-state index in [0.29, 0.717) is 32.2 Å². The van der Waals surface area contributed by atoms with E-state index in [1.165, 1.54) is 4.90 Å². The van der Waals surface area contributed by atoms with Crippen LogP contribution in [0.25, 0.3) is 0 Å². The summed E-state index contributed by atoms with van der Waals surface area (Å²) in [5.74, 6) is -4.93. The molecule has 3 rings (SSSR count). The highest BCUT2D eigenvalue weighted by Crippen LogP contribution is 2.20. The van der Waals surface area contributed by atoms with Gasteiger partial charge in [0.1, 0.15) is 12.2 Å². The lowest BCUT2D eigenvalue weighted by Gasteiger charge is -2.35. The fraction of sp³-hybridized carbons (Fsp3) is 0.278. The van der Waals surface area contributed by atoms with Gasteiger partial charge in [0.15, 0.2) is 17.5 Å². The minimum Gasteiger partial charge on any atom is -0.353 e. The highest BCUT2D eigenvalue weighted by atomic mass is 19.2. The zero-order valence-corrected chi connectivity index (χ0v) is 14.3. The zero-order chi connectivity index (χ0) is 19.4. The van der Waals surface area contributed by atoms with Crippen molar-refractivity contribution in [2.24, 2.45) is 0 Å². The van der Waals surface area contributed by atoms with Crippen molar-refractivity contribution in [3.63, 3.8) is 0 Å². The number of rotatable bonds is 4. The van der Waals surface area contributed by atoms with Gasteiger partial charge >= 0.3 is 0 Å². The van der Waals surface area contributed by atoms with Gasteiger partial charge < -0.3 is 15.1 Å². The number of carbonyl (C=O) groups is 2. The normalized spacial score (nSPS) is 14.2. The van der Waals surface area contributed by atoms with Crippen molar-refractivity contribution in [1.29, 1.82) is 0 Å². The summed E-state index contributed by atoms with van der Waals surface area (Å²) in [7, 11) is 0. The van der Waals surface area contributed by atoms with E-state index in [4.69, 9.17) is 0 Å². The van der Waals surface area contributed by atoms with Crippen LogP contribution in [0.3, 0.4) is 0 Å². The Balaban J connectivity index is 1.52. The van der Waals surface area contributed by atoms with Crippen molar-refractivity contribution < 1.29 is 22.8 Å². The molecule has 0 unspecified atom stereocenters. The number of amides is 2. The van der Waals surface area contributed by atoms with E-state index in [9.17, 15) is 22.8 Å². The second kappa shape index (κ2) is 8.07. The Morgan fingerprint density at radius 1 is 1.00 bits per heavy atom. The van der Waals surface area contributed by atoms with Crippen molar-refractivity contribution in [1.82, 2.24) is 9.88 Å². The summed E-state index contributed by atoms with van der Waals surface area (Å²) in [6.07, 6.45) is 1.18. The maximum absolute atomic E-state index is 13.6. The molecule has 1 aliphatic heterocycles. The molecule has 0 bridgehead atoms. The molecule has 2 aromatic rings. The molecular weight excluding hydrogens is 361 g/mol. The number of aromatic nitrogens is 1. The molecule has 1 saturated heterocycles. The second-order valence-corrected chi connectivity index (χ2v) is 6.00. The first-order valence-corrected chi connectivity index (χ1v) is 8.33. The van der Waals surface area contributed by atoms with Crippen molar-refractivity contribution in [3.8, 4) is 0 Å². The van der Waals surface area contributed by atoms with Gasteiger partial charge in [-0.3, -0.25) is 9.59 Å². The van der Waals surface area contributed by atoms with Gasteiger partial charge in [0, 0.05) is 32.4 Å². The van der Waals surface area contributed by atoms with Gasteiger partial charge in [-0.15, -0.1) is 0 Å². The number of carbonyl (C=O) groups excluding carboxylic acids is 2. The Morgan fingerprint density at radius 3 is 2.41 bits per heavy atom. The third-order valence-electron chi connectivity index (χ3n) is 4.23. The molecule has 27 heavy (non-hydrogen) atoms. The first-order chi connectivity index (χ1) is 13.0. The summed E-state index contributed by atoms with van der Waals surface area (Å²) >= 11 is 0. The predicted octanol–water partition coefficient (Wildman–Crippen LogP) is 2.18. The highest BCUT2D eigenvalue weighted by molar-refractivity contribution is 6.03. The first kappa shape index (κ1) is 18.7. The molecule has 1 aliphatic rings. The molecule has 0 radical (unpaired) electrons. The third-order valence-corrected chi connectivity index (χ3v) is 4.23. The van der Waals surface area contributed by atoms with Crippen LogP contribution >= 0.6 is 0 Å². The molecule has 2 heterocycles. The van der Waals surface area contributed by atoms with Crippen molar-refractivity contribution >= 4 is 23.3 Å². The predicted molar refractivity (Wildman–Crippen MR) is 92.6 cm³/mol. The number of hydrogen-bond donors (Lipinski definition) is 1. The molecule has 1 aromatic carbocycles. The number of nitrogens with zero attached hydrogens (tertiary/aromatic N) is 3. The van der Waals surface area contributed by atoms with E-state index < -0.39 is 41.4 Å².